The molecule has 2 N–H and O–H groups in total. The summed E-state index contributed by atoms with van der Waals surface area (Å²) in [6.07, 6.45) is 11.4. The van der Waals surface area contributed by atoms with E-state index in [9.17, 15) is 9.59 Å². The van der Waals surface area contributed by atoms with E-state index in [1.807, 2.05) is 28.5 Å². The van der Waals surface area contributed by atoms with Crippen LogP contribution >= 0.6 is 0 Å². The summed E-state index contributed by atoms with van der Waals surface area (Å²) in [7, 11) is 0. The molecule has 10 heteroatoms. The normalized spacial score (nSPS) is 22.6. The summed E-state index contributed by atoms with van der Waals surface area (Å²) in [5, 5.41) is 6.08. The number of allylic oxidation sites excluding steroid dienone is 2. The zero-order chi connectivity index (χ0) is 24.7. The highest BCUT2D eigenvalue weighted by Crippen LogP contribution is 2.30. The van der Waals surface area contributed by atoms with E-state index in [-0.39, 0.29) is 35.5 Å². The van der Waals surface area contributed by atoms with E-state index in [4.69, 9.17) is 4.98 Å². The number of hydrogen-bond acceptors (Lipinski definition) is 6. The van der Waals surface area contributed by atoms with E-state index in [0.717, 1.165) is 31.7 Å². The Balaban J connectivity index is 1.35. The number of aryl methyl sites for hydroxylation is 1. The van der Waals surface area contributed by atoms with Gasteiger partial charge in [-0.3, -0.25) is 4.79 Å². The molecule has 0 spiro atoms. The van der Waals surface area contributed by atoms with Crippen LogP contribution < -0.4 is 15.5 Å². The Bertz CT molecular complexity index is 1190. The van der Waals surface area contributed by atoms with Gasteiger partial charge in [0.05, 0.1) is 12.1 Å². The minimum absolute atomic E-state index is 0.00618. The van der Waals surface area contributed by atoms with Crippen LogP contribution in [0.1, 0.15) is 51.2 Å². The quantitative estimate of drug-likeness (QED) is 0.684. The van der Waals surface area contributed by atoms with Gasteiger partial charge in [0, 0.05) is 32.2 Å². The number of amides is 3. The fourth-order valence-electron chi connectivity index (χ4n) is 5.17. The molecule has 2 fully saturated rings. The Kier molecular flexibility index (Phi) is 5.98. The van der Waals surface area contributed by atoms with Gasteiger partial charge in [-0.15, -0.1) is 0 Å². The number of piperidine rings is 1. The van der Waals surface area contributed by atoms with Crippen LogP contribution in [0.4, 0.5) is 10.6 Å². The van der Waals surface area contributed by atoms with E-state index in [0.29, 0.717) is 30.1 Å². The average Bonchev–Trinajstić information content (AvgIpc) is 3.39. The molecular weight excluding hydrogens is 444 g/mol. The zero-order valence-electron chi connectivity index (χ0n) is 20.9. The second kappa shape index (κ2) is 8.98. The maximum absolute atomic E-state index is 13.0. The third-order valence-corrected chi connectivity index (χ3v) is 6.92. The van der Waals surface area contributed by atoms with E-state index in [2.05, 4.69) is 58.4 Å². The maximum Gasteiger partial charge on any atom is 0.318 e. The number of anilines is 1. The van der Waals surface area contributed by atoms with Crippen molar-refractivity contribution >= 4 is 28.9 Å². The van der Waals surface area contributed by atoms with Crippen LogP contribution in [-0.4, -0.2) is 74.1 Å². The molecule has 0 aromatic carbocycles. The number of hydrogen-bond donors (Lipinski definition) is 2. The van der Waals surface area contributed by atoms with Crippen molar-refractivity contribution in [2.24, 2.45) is 5.41 Å². The molecule has 3 aliphatic rings. The molecule has 2 aliphatic heterocycles. The lowest BCUT2D eigenvalue weighted by Gasteiger charge is -2.39. The van der Waals surface area contributed by atoms with Crippen molar-refractivity contribution in [2.75, 3.05) is 24.5 Å². The number of imidazole rings is 1. The Morgan fingerprint density at radius 1 is 1.17 bits per heavy atom. The number of nitrogens with one attached hydrogen (secondary N) is 2. The Morgan fingerprint density at radius 2 is 1.91 bits per heavy atom. The number of carbonyl (C=O) groups excluding carboxylic acids is 2. The van der Waals surface area contributed by atoms with Gasteiger partial charge >= 0.3 is 6.03 Å². The number of rotatable bonds is 5. The minimum atomic E-state index is -0.200. The SMILES string of the molecule is CCn1c(C(=O)NCC(C)(C)C)nc2c(N3CCC(N4C(=O)NC5C=CC=CC54)CC3)ncnc21. The summed E-state index contributed by atoms with van der Waals surface area (Å²) in [6.45, 7) is 10.9. The molecular formula is C25H34N8O2. The van der Waals surface area contributed by atoms with Gasteiger partial charge in [-0.25, -0.2) is 19.7 Å². The van der Waals surface area contributed by atoms with Crippen molar-refractivity contribution in [1.82, 2.24) is 35.1 Å². The maximum atomic E-state index is 13.0. The predicted octanol–water partition coefficient (Wildman–Crippen LogP) is 2.48. The molecule has 2 unspecified atom stereocenters. The van der Waals surface area contributed by atoms with Gasteiger partial charge in [0.2, 0.25) is 5.82 Å². The molecule has 35 heavy (non-hydrogen) atoms. The molecule has 0 radical (unpaired) electrons. The van der Waals surface area contributed by atoms with E-state index in [1.165, 1.54) is 0 Å². The molecule has 0 bridgehead atoms. The fraction of sp³-hybridized carbons (Fsp3) is 0.560. The second-order valence-corrected chi connectivity index (χ2v) is 10.7. The van der Waals surface area contributed by atoms with Gasteiger partial charge in [-0.05, 0) is 25.2 Å². The predicted molar refractivity (Wildman–Crippen MR) is 134 cm³/mol. The van der Waals surface area contributed by atoms with Crippen LogP contribution in [0.2, 0.25) is 0 Å². The lowest BCUT2D eigenvalue weighted by Crippen LogP contribution is -2.49. The molecule has 2 aromatic rings. The van der Waals surface area contributed by atoms with Crippen molar-refractivity contribution in [2.45, 2.75) is 65.2 Å². The highest BCUT2D eigenvalue weighted by Gasteiger charge is 2.42. The molecule has 2 saturated heterocycles. The van der Waals surface area contributed by atoms with Crippen LogP contribution in [0.5, 0.6) is 0 Å². The smallest absolute Gasteiger partial charge is 0.318 e. The number of fused-ring (bicyclic) bond motifs is 2. The van der Waals surface area contributed by atoms with Crippen molar-refractivity contribution in [3.63, 3.8) is 0 Å². The van der Waals surface area contributed by atoms with Gasteiger partial charge in [0.15, 0.2) is 17.0 Å². The first kappa shape index (κ1) is 23.3. The summed E-state index contributed by atoms with van der Waals surface area (Å²) in [5.41, 5.74) is 1.29. The first-order valence-electron chi connectivity index (χ1n) is 12.4. The molecule has 10 nitrogen and oxygen atoms in total. The van der Waals surface area contributed by atoms with Crippen molar-refractivity contribution in [1.29, 1.82) is 0 Å². The Hall–Kier alpha value is -3.43. The third-order valence-electron chi connectivity index (χ3n) is 6.92. The molecule has 1 aliphatic carbocycles. The summed E-state index contributed by atoms with van der Waals surface area (Å²) in [5.74, 6) is 0.906. The Morgan fingerprint density at radius 3 is 2.63 bits per heavy atom. The largest absolute Gasteiger partial charge is 0.355 e. The Labute approximate surface area is 205 Å². The van der Waals surface area contributed by atoms with Gasteiger partial charge in [0.1, 0.15) is 6.33 Å². The number of urea groups is 1. The molecule has 0 saturated carbocycles. The zero-order valence-corrected chi connectivity index (χ0v) is 20.9. The summed E-state index contributed by atoms with van der Waals surface area (Å²) < 4.78 is 1.85. The third kappa shape index (κ3) is 4.37. The number of carbonyl (C=O) groups is 2. The lowest BCUT2D eigenvalue weighted by molar-refractivity contribution is 0.0925. The molecule has 2 atom stereocenters. The number of nitrogens with zero attached hydrogens (tertiary/aromatic N) is 6. The molecule has 2 aromatic heterocycles. The monoisotopic (exact) mass is 478 g/mol. The first-order chi connectivity index (χ1) is 16.8. The van der Waals surface area contributed by atoms with Gasteiger partial charge < -0.3 is 25.0 Å². The summed E-state index contributed by atoms with van der Waals surface area (Å²) >= 11 is 0. The molecule has 4 heterocycles. The summed E-state index contributed by atoms with van der Waals surface area (Å²) in [4.78, 5) is 43.6. The lowest BCUT2D eigenvalue weighted by atomic mass is 9.97. The molecule has 3 amide bonds. The van der Waals surface area contributed by atoms with Crippen molar-refractivity contribution in [3.8, 4) is 0 Å². The van der Waals surface area contributed by atoms with Gasteiger partial charge in [-0.2, -0.15) is 0 Å². The number of aromatic nitrogens is 4. The fourth-order valence-corrected chi connectivity index (χ4v) is 5.17. The van der Waals surface area contributed by atoms with Crippen LogP contribution in [-0.2, 0) is 6.54 Å². The van der Waals surface area contributed by atoms with Crippen LogP contribution in [0.25, 0.3) is 11.2 Å². The van der Waals surface area contributed by atoms with E-state index >= 15 is 0 Å². The second-order valence-electron chi connectivity index (χ2n) is 10.7. The first-order valence-corrected chi connectivity index (χ1v) is 12.4. The van der Waals surface area contributed by atoms with E-state index < -0.39 is 0 Å². The average molecular weight is 479 g/mol. The minimum Gasteiger partial charge on any atom is -0.355 e. The van der Waals surface area contributed by atoms with Crippen LogP contribution in [0.15, 0.2) is 30.6 Å². The topological polar surface area (TPSA) is 108 Å². The molecule has 5 rings (SSSR count). The highest BCUT2D eigenvalue weighted by molar-refractivity contribution is 5.96. The van der Waals surface area contributed by atoms with Crippen molar-refractivity contribution in [3.05, 3.63) is 36.5 Å². The van der Waals surface area contributed by atoms with Crippen LogP contribution in [0, 0.1) is 5.41 Å². The van der Waals surface area contributed by atoms with E-state index in [1.54, 1.807) is 6.33 Å². The standard InChI is InChI=1S/C25H34N8O2/c1-5-32-21-19(30-22(32)23(34)26-14-25(2,3)4)20(27-15-28-21)31-12-10-16(11-13-31)33-18-9-7-6-8-17(18)29-24(33)35/h6-9,15-18H,5,10-14H2,1-4H3,(H,26,34)(H,29,35). The van der Waals surface area contributed by atoms with Crippen LogP contribution in [0.3, 0.4) is 0 Å². The highest BCUT2D eigenvalue weighted by atomic mass is 16.2. The van der Waals surface area contributed by atoms with Crippen molar-refractivity contribution < 1.29 is 9.59 Å². The van der Waals surface area contributed by atoms with Gasteiger partial charge in [-0.1, -0.05) is 45.1 Å². The molecule has 186 valence electrons. The summed E-state index contributed by atoms with van der Waals surface area (Å²) in [6, 6.07) is 0.297. The van der Waals surface area contributed by atoms with Gasteiger partial charge in [0.25, 0.3) is 5.91 Å².